The molecule has 0 atom stereocenters. The van der Waals surface area contributed by atoms with Crippen molar-refractivity contribution in [2.45, 2.75) is 36.0 Å². The summed E-state index contributed by atoms with van der Waals surface area (Å²) in [7, 11) is 0. The molecule has 0 saturated heterocycles. The Kier molecular flexibility index (Phi) is 4.52. The van der Waals surface area contributed by atoms with E-state index < -0.39 is 53.5 Å². The van der Waals surface area contributed by atoms with Gasteiger partial charge in [-0.25, -0.2) is 0 Å². The SMILES string of the molecule is FC(F)=C(F)OC(F)(F)C1(C(F)(F)F)C(F)(F)C(F)(F)C(F)(F)C1(F)F. The van der Waals surface area contributed by atoms with Gasteiger partial charge in [-0.05, 0) is 0 Å². The lowest BCUT2D eigenvalue weighted by Gasteiger charge is -2.42. The average molecular weight is 428 g/mol. The lowest BCUT2D eigenvalue weighted by Crippen LogP contribution is -2.70. The molecule has 0 N–H and O–H groups in total. The summed E-state index contributed by atoms with van der Waals surface area (Å²) in [5, 5.41) is 0. The Balaban J connectivity index is 4.06. The second-order valence-corrected chi connectivity index (χ2v) is 4.70. The van der Waals surface area contributed by atoms with Gasteiger partial charge in [0.15, 0.2) is 0 Å². The number of hydrogen-bond donors (Lipinski definition) is 0. The zero-order valence-electron chi connectivity index (χ0n) is 11.0. The van der Waals surface area contributed by atoms with Gasteiger partial charge in [-0.15, -0.1) is 0 Å². The predicted molar refractivity (Wildman–Crippen MR) is 44.7 cm³/mol. The van der Waals surface area contributed by atoms with Gasteiger partial charge in [-0.2, -0.15) is 70.2 Å². The van der Waals surface area contributed by atoms with E-state index in [1.54, 1.807) is 4.74 Å². The summed E-state index contributed by atoms with van der Waals surface area (Å²) >= 11 is 0. The quantitative estimate of drug-likeness (QED) is 0.412. The van der Waals surface area contributed by atoms with Gasteiger partial charge in [0.05, 0.1) is 0 Å². The van der Waals surface area contributed by atoms with E-state index in [2.05, 4.69) is 0 Å². The van der Waals surface area contributed by atoms with Gasteiger partial charge in [-0.3, -0.25) is 0 Å². The average Bonchev–Trinajstić information content (AvgIpc) is 2.40. The molecule has 1 aliphatic carbocycles. The van der Waals surface area contributed by atoms with Gasteiger partial charge in [-0.1, -0.05) is 0 Å². The van der Waals surface area contributed by atoms with Crippen LogP contribution in [-0.4, -0.2) is 36.0 Å². The van der Waals surface area contributed by atoms with Gasteiger partial charge in [0.1, 0.15) is 0 Å². The molecule has 17 heteroatoms. The van der Waals surface area contributed by atoms with E-state index in [1.165, 1.54) is 0 Å². The Morgan fingerprint density at radius 2 is 0.885 bits per heavy atom. The first-order valence-electron chi connectivity index (χ1n) is 5.43. The highest BCUT2D eigenvalue weighted by molar-refractivity contribution is 5.30. The van der Waals surface area contributed by atoms with Crippen molar-refractivity contribution >= 4 is 0 Å². The van der Waals surface area contributed by atoms with Crippen molar-refractivity contribution in [2.75, 3.05) is 0 Å². The number of rotatable bonds is 3. The summed E-state index contributed by atoms with van der Waals surface area (Å²) < 4.78 is 207. The maximum atomic E-state index is 13.4. The Labute approximate surface area is 130 Å². The fraction of sp³-hybridized carbons (Fsp3) is 0.778. The van der Waals surface area contributed by atoms with Crippen LogP contribution in [0.3, 0.4) is 0 Å². The topological polar surface area (TPSA) is 9.23 Å². The molecule has 154 valence electrons. The molecule has 0 bridgehead atoms. The largest absolute Gasteiger partial charge is 0.426 e. The van der Waals surface area contributed by atoms with Crippen molar-refractivity contribution in [3.8, 4) is 0 Å². The molecule has 0 radical (unpaired) electrons. The molecule has 0 aromatic carbocycles. The van der Waals surface area contributed by atoms with Crippen LogP contribution in [0.1, 0.15) is 0 Å². The second kappa shape index (κ2) is 5.24. The van der Waals surface area contributed by atoms with Crippen LogP contribution in [0.4, 0.5) is 70.2 Å². The first-order chi connectivity index (χ1) is 11.1. The summed E-state index contributed by atoms with van der Waals surface area (Å²) in [6, 6.07) is -4.18. The molecule has 1 rings (SSSR count). The maximum absolute atomic E-state index is 13.4. The normalized spacial score (nSPS) is 25.7. The third kappa shape index (κ3) is 2.07. The Bertz CT molecular complexity index is 582. The van der Waals surface area contributed by atoms with Crippen LogP contribution in [0.5, 0.6) is 0 Å². The molecule has 0 spiro atoms. The minimum absolute atomic E-state index is 1.75. The standard InChI is InChI=1S/C9F16O/c10-1(11)2(12)26-9(24,25)3(8(21,22)23)4(13,14)6(17,18)7(19,20)5(3,15)16. The van der Waals surface area contributed by atoms with Gasteiger partial charge in [0.2, 0.25) is 0 Å². The Morgan fingerprint density at radius 1 is 0.577 bits per heavy atom. The summed E-state index contributed by atoms with van der Waals surface area (Å²) in [5.74, 6) is -31.7. The predicted octanol–water partition coefficient (Wildman–Crippen LogP) is 5.73. The molecule has 1 nitrogen and oxygen atoms in total. The maximum Gasteiger partial charge on any atom is 0.426 e. The van der Waals surface area contributed by atoms with E-state index in [-0.39, 0.29) is 0 Å². The molecule has 0 aromatic heterocycles. The zero-order valence-corrected chi connectivity index (χ0v) is 11.0. The summed E-state index contributed by atoms with van der Waals surface area (Å²) in [4.78, 5) is 0. The summed E-state index contributed by atoms with van der Waals surface area (Å²) in [6.45, 7) is 0. The van der Waals surface area contributed by atoms with Gasteiger partial charge in [0, 0.05) is 0 Å². The van der Waals surface area contributed by atoms with Crippen LogP contribution >= 0.6 is 0 Å². The fourth-order valence-electron chi connectivity index (χ4n) is 2.18. The van der Waals surface area contributed by atoms with E-state index in [9.17, 15) is 70.2 Å². The van der Waals surface area contributed by atoms with Crippen molar-refractivity contribution in [3.63, 3.8) is 0 Å². The molecule has 0 aromatic rings. The Hall–Kier alpha value is -1.58. The van der Waals surface area contributed by atoms with E-state index in [1.807, 2.05) is 0 Å². The minimum Gasteiger partial charge on any atom is -0.401 e. The smallest absolute Gasteiger partial charge is 0.401 e. The molecule has 0 heterocycles. The lowest BCUT2D eigenvalue weighted by atomic mass is 9.77. The molecule has 0 amide bonds. The van der Waals surface area contributed by atoms with Crippen LogP contribution in [0.15, 0.2) is 12.1 Å². The van der Waals surface area contributed by atoms with E-state index in [4.69, 9.17) is 0 Å². The van der Waals surface area contributed by atoms with E-state index in [0.29, 0.717) is 0 Å². The van der Waals surface area contributed by atoms with Crippen LogP contribution in [-0.2, 0) is 4.74 Å². The second-order valence-electron chi connectivity index (χ2n) is 4.70. The van der Waals surface area contributed by atoms with Gasteiger partial charge in [0.25, 0.3) is 0 Å². The first-order valence-corrected chi connectivity index (χ1v) is 5.43. The highest BCUT2D eigenvalue weighted by Crippen LogP contribution is 2.79. The molecule has 26 heavy (non-hydrogen) atoms. The molecule has 1 aliphatic rings. The fourth-order valence-corrected chi connectivity index (χ4v) is 2.18. The molecular weight excluding hydrogens is 428 g/mol. The van der Waals surface area contributed by atoms with E-state index in [0.717, 1.165) is 0 Å². The Morgan fingerprint density at radius 3 is 1.12 bits per heavy atom. The third-order valence-electron chi connectivity index (χ3n) is 3.35. The number of hydrogen-bond acceptors (Lipinski definition) is 1. The van der Waals surface area contributed by atoms with E-state index >= 15 is 0 Å². The van der Waals surface area contributed by atoms with Crippen LogP contribution in [0.25, 0.3) is 0 Å². The lowest BCUT2D eigenvalue weighted by molar-refractivity contribution is -0.469. The molecule has 1 saturated carbocycles. The van der Waals surface area contributed by atoms with Crippen LogP contribution in [0.2, 0.25) is 0 Å². The monoisotopic (exact) mass is 428 g/mol. The number of alkyl halides is 13. The van der Waals surface area contributed by atoms with Crippen LogP contribution < -0.4 is 0 Å². The number of halogens is 16. The molecule has 1 fully saturated rings. The highest BCUT2D eigenvalue weighted by Gasteiger charge is 3.10. The number of ether oxygens (including phenoxy) is 1. The zero-order chi connectivity index (χ0) is 21.4. The van der Waals surface area contributed by atoms with Crippen molar-refractivity contribution < 1.29 is 75.0 Å². The summed E-state index contributed by atoms with van der Waals surface area (Å²) in [6.07, 6.45) is -19.9. The minimum atomic E-state index is -8.13. The van der Waals surface area contributed by atoms with Crippen molar-refractivity contribution in [3.05, 3.63) is 12.1 Å². The molecule has 0 aliphatic heterocycles. The van der Waals surface area contributed by atoms with Crippen LogP contribution in [0, 0.1) is 5.41 Å². The summed E-state index contributed by atoms with van der Waals surface area (Å²) in [5.41, 5.74) is -8.13. The van der Waals surface area contributed by atoms with Crippen molar-refractivity contribution in [2.24, 2.45) is 5.41 Å². The molecule has 0 unspecified atom stereocenters. The highest BCUT2D eigenvalue weighted by atomic mass is 19.4. The van der Waals surface area contributed by atoms with Gasteiger partial charge < -0.3 is 4.74 Å². The van der Waals surface area contributed by atoms with Gasteiger partial charge >= 0.3 is 53.5 Å². The van der Waals surface area contributed by atoms with Crippen molar-refractivity contribution in [1.82, 2.24) is 0 Å². The van der Waals surface area contributed by atoms with Crippen molar-refractivity contribution in [1.29, 1.82) is 0 Å². The molecular formula is C9F16O. The third-order valence-corrected chi connectivity index (χ3v) is 3.35. The first kappa shape index (κ1) is 22.5.